The number of nitrogens with zero attached hydrogens (tertiary/aromatic N) is 3. The first-order valence-electron chi connectivity index (χ1n) is 8.31. The van der Waals surface area contributed by atoms with Gasteiger partial charge in [-0.15, -0.1) is 0 Å². The Morgan fingerprint density at radius 3 is 2.50 bits per heavy atom. The molecule has 0 aliphatic carbocycles. The number of pyridine rings is 1. The number of nitrogens with one attached hydrogen (secondary N) is 1. The molecular weight excluding hydrogens is 296 g/mol. The van der Waals surface area contributed by atoms with E-state index in [0.717, 1.165) is 30.0 Å². The van der Waals surface area contributed by atoms with E-state index < -0.39 is 0 Å². The largest absolute Gasteiger partial charge is 0.381 e. The zero-order valence-electron chi connectivity index (χ0n) is 14.4. The van der Waals surface area contributed by atoms with Crippen LogP contribution in [0.3, 0.4) is 0 Å². The SMILES string of the molecule is CN(C)CCNc1c2nc3ccccc3c-2n(C)c2ccccc12. The number of benzene rings is 2. The van der Waals surface area contributed by atoms with Crippen LogP contribution in [-0.4, -0.2) is 41.6 Å². The Bertz CT molecular complexity index is 984. The van der Waals surface area contributed by atoms with E-state index in [4.69, 9.17) is 4.98 Å². The minimum atomic E-state index is 0.892. The van der Waals surface area contributed by atoms with Gasteiger partial charge in [-0.3, -0.25) is 0 Å². The Morgan fingerprint density at radius 2 is 1.71 bits per heavy atom. The molecule has 0 radical (unpaired) electrons. The smallest absolute Gasteiger partial charge is 0.112 e. The monoisotopic (exact) mass is 318 g/mol. The lowest BCUT2D eigenvalue weighted by molar-refractivity contribution is 0.425. The molecule has 0 bridgehead atoms. The van der Waals surface area contributed by atoms with E-state index in [1.54, 1.807) is 0 Å². The van der Waals surface area contributed by atoms with Gasteiger partial charge in [0.15, 0.2) is 0 Å². The average molecular weight is 318 g/mol. The summed E-state index contributed by atoms with van der Waals surface area (Å²) in [5, 5.41) is 6.05. The van der Waals surface area contributed by atoms with Crippen molar-refractivity contribution in [2.24, 2.45) is 7.05 Å². The minimum absolute atomic E-state index is 0.892. The summed E-state index contributed by atoms with van der Waals surface area (Å²) in [6, 6.07) is 16.9. The van der Waals surface area contributed by atoms with Gasteiger partial charge in [-0.25, -0.2) is 4.98 Å². The Balaban J connectivity index is 2.00. The second-order valence-corrected chi connectivity index (χ2v) is 6.51. The Morgan fingerprint density at radius 1 is 1.00 bits per heavy atom. The lowest BCUT2D eigenvalue weighted by Gasteiger charge is -2.19. The zero-order chi connectivity index (χ0) is 16.7. The summed E-state index contributed by atoms with van der Waals surface area (Å²) in [5.74, 6) is 0. The van der Waals surface area contributed by atoms with Crippen LogP contribution in [0.4, 0.5) is 5.69 Å². The van der Waals surface area contributed by atoms with Crippen LogP contribution in [0.2, 0.25) is 0 Å². The van der Waals surface area contributed by atoms with Gasteiger partial charge >= 0.3 is 0 Å². The van der Waals surface area contributed by atoms with Gasteiger partial charge in [0, 0.05) is 30.9 Å². The maximum atomic E-state index is 4.93. The van der Waals surface area contributed by atoms with Crippen LogP contribution in [0.15, 0.2) is 48.5 Å². The molecule has 0 amide bonds. The summed E-state index contributed by atoms with van der Waals surface area (Å²) >= 11 is 0. The molecule has 4 rings (SSSR count). The number of para-hydroxylation sites is 2. The van der Waals surface area contributed by atoms with E-state index in [9.17, 15) is 0 Å². The molecule has 2 aromatic rings. The van der Waals surface area contributed by atoms with Gasteiger partial charge in [0.2, 0.25) is 0 Å². The number of likely N-dealkylation sites (N-methyl/N-ethyl adjacent to an activating group) is 1. The maximum absolute atomic E-state index is 4.93. The first-order chi connectivity index (χ1) is 11.7. The molecular formula is C20H22N4. The number of hydrogen-bond acceptors (Lipinski definition) is 3. The van der Waals surface area contributed by atoms with E-state index in [0.29, 0.717) is 0 Å². The zero-order valence-corrected chi connectivity index (χ0v) is 14.4. The molecule has 4 heteroatoms. The van der Waals surface area contributed by atoms with Crippen LogP contribution in [0.1, 0.15) is 0 Å². The lowest BCUT2D eigenvalue weighted by atomic mass is 10.1. The molecule has 1 N–H and O–H groups in total. The van der Waals surface area contributed by atoms with Crippen LogP contribution in [0.5, 0.6) is 0 Å². The molecule has 4 nitrogen and oxygen atoms in total. The second kappa shape index (κ2) is 5.80. The molecule has 2 aliphatic rings. The fourth-order valence-electron chi connectivity index (χ4n) is 3.40. The van der Waals surface area contributed by atoms with Crippen LogP contribution < -0.4 is 5.32 Å². The van der Waals surface area contributed by atoms with E-state index in [-0.39, 0.29) is 0 Å². The number of fused-ring (bicyclic) bond motifs is 4. The molecule has 122 valence electrons. The van der Waals surface area contributed by atoms with Crippen LogP contribution >= 0.6 is 0 Å². The molecule has 2 aliphatic heterocycles. The van der Waals surface area contributed by atoms with Crippen molar-refractivity contribution in [3.8, 4) is 11.4 Å². The van der Waals surface area contributed by atoms with Gasteiger partial charge < -0.3 is 14.8 Å². The predicted octanol–water partition coefficient (Wildman–Crippen LogP) is 3.80. The molecule has 24 heavy (non-hydrogen) atoms. The lowest BCUT2D eigenvalue weighted by Crippen LogP contribution is -2.21. The molecule has 0 fully saturated rings. The summed E-state index contributed by atoms with van der Waals surface area (Å²) in [6.45, 7) is 1.88. The van der Waals surface area contributed by atoms with E-state index in [2.05, 4.69) is 78.4 Å². The first-order valence-corrected chi connectivity index (χ1v) is 8.31. The average Bonchev–Trinajstić information content (AvgIpc) is 2.97. The van der Waals surface area contributed by atoms with E-state index in [1.807, 2.05) is 6.07 Å². The van der Waals surface area contributed by atoms with Crippen molar-refractivity contribution < 1.29 is 0 Å². The second-order valence-electron chi connectivity index (χ2n) is 6.51. The normalized spacial score (nSPS) is 11.8. The minimum Gasteiger partial charge on any atom is -0.381 e. The van der Waals surface area contributed by atoms with E-state index in [1.165, 1.54) is 22.0 Å². The van der Waals surface area contributed by atoms with Crippen molar-refractivity contribution in [2.45, 2.75) is 0 Å². The molecule has 2 aromatic carbocycles. The molecule has 0 atom stereocenters. The van der Waals surface area contributed by atoms with Crippen molar-refractivity contribution in [3.05, 3.63) is 48.5 Å². The Kier molecular flexibility index (Phi) is 3.62. The van der Waals surface area contributed by atoms with Crippen LogP contribution in [0, 0.1) is 0 Å². The fourth-order valence-corrected chi connectivity index (χ4v) is 3.40. The topological polar surface area (TPSA) is 33.1 Å². The van der Waals surface area contributed by atoms with Gasteiger partial charge in [-0.2, -0.15) is 0 Å². The summed E-state index contributed by atoms with van der Waals surface area (Å²) in [5.41, 5.74) is 5.65. The third-order valence-corrected chi connectivity index (χ3v) is 4.58. The quantitative estimate of drug-likeness (QED) is 0.621. The van der Waals surface area contributed by atoms with Crippen LogP contribution in [-0.2, 0) is 7.05 Å². The highest BCUT2D eigenvalue weighted by Crippen LogP contribution is 2.40. The van der Waals surface area contributed by atoms with E-state index >= 15 is 0 Å². The van der Waals surface area contributed by atoms with Crippen LogP contribution in [0.25, 0.3) is 33.2 Å². The molecule has 0 unspecified atom stereocenters. The van der Waals surface area contributed by atoms with Gasteiger partial charge in [-0.05, 0) is 26.2 Å². The molecule has 0 saturated heterocycles. The highest BCUT2D eigenvalue weighted by atomic mass is 15.1. The first kappa shape index (κ1) is 15.0. The molecule has 0 saturated carbocycles. The highest BCUT2D eigenvalue weighted by Gasteiger charge is 2.21. The van der Waals surface area contributed by atoms with Crippen molar-refractivity contribution in [3.63, 3.8) is 0 Å². The summed E-state index contributed by atoms with van der Waals surface area (Å²) < 4.78 is 2.26. The molecule has 0 aromatic heterocycles. The van der Waals surface area contributed by atoms with Gasteiger partial charge in [0.1, 0.15) is 5.69 Å². The van der Waals surface area contributed by atoms with Gasteiger partial charge in [0.05, 0.1) is 22.4 Å². The predicted molar refractivity (Wildman–Crippen MR) is 102 cm³/mol. The van der Waals surface area contributed by atoms with Gasteiger partial charge in [0.25, 0.3) is 0 Å². The highest BCUT2D eigenvalue weighted by molar-refractivity contribution is 6.08. The number of hydrogen-bond donors (Lipinski definition) is 1. The van der Waals surface area contributed by atoms with Gasteiger partial charge in [-0.1, -0.05) is 36.4 Å². The van der Waals surface area contributed by atoms with Crippen molar-refractivity contribution >= 4 is 27.5 Å². The van der Waals surface area contributed by atoms with Crippen molar-refractivity contribution in [1.29, 1.82) is 0 Å². The molecule has 0 spiro atoms. The summed E-state index contributed by atoms with van der Waals surface area (Å²) in [6.07, 6.45) is 0. The Hall–Kier alpha value is -2.59. The fraction of sp³-hybridized carbons (Fsp3) is 0.250. The molecule has 2 heterocycles. The number of anilines is 1. The summed E-state index contributed by atoms with van der Waals surface area (Å²) in [4.78, 5) is 7.11. The number of aromatic nitrogens is 2. The Labute approximate surface area is 142 Å². The number of rotatable bonds is 4. The maximum Gasteiger partial charge on any atom is 0.112 e. The van der Waals surface area contributed by atoms with Crippen molar-refractivity contribution in [1.82, 2.24) is 14.5 Å². The standard InChI is InChI=1S/C20H22N4/c1-23(2)13-12-21-18-15-9-5-7-11-17(15)24(3)20-14-8-4-6-10-16(14)22-19(18)20/h4-11,21H,12-13H2,1-3H3. The third kappa shape index (κ3) is 2.31. The number of aryl methyl sites for hydroxylation is 1. The summed E-state index contributed by atoms with van der Waals surface area (Å²) in [7, 11) is 6.31. The van der Waals surface area contributed by atoms with Crippen molar-refractivity contribution in [2.75, 3.05) is 32.5 Å². The third-order valence-electron chi connectivity index (χ3n) is 4.58.